The minimum absolute atomic E-state index is 0.250. The summed E-state index contributed by atoms with van der Waals surface area (Å²) in [7, 11) is 0. The zero-order chi connectivity index (χ0) is 14.6. The normalized spacial score (nSPS) is 8.78. The number of aliphatic hydroxyl groups excluding tert-OH is 1. The lowest BCUT2D eigenvalue weighted by Gasteiger charge is -1.99. The van der Waals surface area contributed by atoms with Gasteiger partial charge in [-0.3, -0.25) is 0 Å². The van der Waals surface area contributed by atoms with E-state index in [-0.39, 0.29) is 6.61 Å². The minimum atomic E-state index is 0.250. The highest BCUT2D eigenvalue weighted by molar-refractivity contribution is 4.78. The molecule has 0 aliphatic carbocycles. The monoisotopic (exact) mass is 259 g/mol. The van der Waals surface area contributed by atoms with Crippen molar-refractivity contribution in [1.82, 2.24) is 0 Å². The number of allylic oxidation sites excluding steroid dienone is 1. The molecule has 18 heavy (non-hydrogen) atoms. The topological polar surface area (TPSA) is 46.2 Å². The Morgan fingerprint density at radius 2 is 1.17 bits per heavy atom. The fourth-order valence-corrected chi connectivity index (χ4v) is 1.28. The Hall–Kier alpha value is -0.340. The number of nitrogens with two attached hydrogens (primary N) is 1. The van der Waals surface area contributed by atoms with Crippen molar-refractivity contribution in [2.24, 2.45) is 5.73 Å². The van der Waals surface area contributed by atoms with Gasteiger partial charge in [0.25, 0.3) is 0 Å². The molecule has 112 valence electrons. The van der Waals surface area contributed by atoms with Crippen LogP contribution in [0.2, 0.25) is 0 Å². The van der Waals surface area contributed by atoms with E-state index in [4.69, 9.17) is 10.8 Å². The lowest BCUT2D eigenvalue weighted by molar-refractivity contribution is 0.318. The van der Waals surface area contributed by atoms with E-state index < -0.39 is 0 Å². The molecule has 0 aliphatic rings. The van der Waals surface area contributed by atoms with Gasteiger partial charge < -0.3 is 10.8 Å². The molecule has 0 radical (unpaired) electrons. The van der Waals surface area contributed by atoms with E-state index in [2.05, 4.69) is 13.5 Å². The Balaban J connectivity index is -0.000000266. The van der Waals surface area contributed by atoms with Crippen LogP contribution < -0.4 is 5.73 Å². The molecule has 0 aromatic carbocycles. The number of aliphatic hydroxyl groups is 1. The summed E-state index contributed by atoms with van der Waals surface area (Å²) in [4.78, 5) is 0. The Labute approximate surface area is 116 Å². The molecule has 0 atom stereocenters. The standard InChI is InChI=1S/C10H23N.C4H8.C2H6O/c1-2-3-4-5-6-7-8-9-10-11;1-4(2)3;1-2-3/h2-11H2,1H3;1H2,2-3H3;3H,2H2,1H3. The number of rotatable bonds is 8. The average Bonchev–Trinajstić information content (AvgIpc) is 2.28. The van der Waals surface area contributed by atoms with Crippen molar-refractivity contribution in [3.63, 3.8) is 0 Å². The summed E-state index contributed by atoms with van der Waals surface area (Å²) < 4.78 is 0. The van der Waals surface area contributed by atoms with Crippen LogP contribution in [0.5, 0.6) is 0 Å². The molecule has 0 saturated heterocycles. The largest absolute Gasteiger partial charge is 0.397 e. The first-order chi connectivity index (χ1) is 8.56. The number of hydrogen-bond acceptors (Lipinski definition) is 2. The maximum Gasteiger partial charge on any atom is 0.0402 e. The summed E-state index contributed by atoms with van der Waals surface area (Å²) >= 11 is 0. The van der Waals surface area contributed by atoms with Crippen LogP contribution in [0.25, 0.3) is 0 Å². The van der Waals surface area contributed by atoms with Gasteiger partial charge >= 0.3 is 0 Å². The lowest BCUT2D eigenvalue weighted by Crippen LogP contribution is -1.97. The molecular formula is C16H37NO. The summed E-state index contributed by atoms with van der Waals surface area (Å²) in [6.07, 6.45) is 11.0. The molecule has 0 amide bonds. The second-order valence-corrected chi connectivity index (χ2v) is 4.79. The molecule has 0 unspecified atom stereocenters. The molecule has 0 heterocycles. The first kappa shape index (κ1) is 22.8. The molecule has 0 aromatic heterocycles. The van der Waals surface area contributed by atoms with Gasteiger partial charge in [-0.1, -0.05) is 57.4 Å². The molecule has 0 bridgehead atoms. The zero-order valence-electron chi connectivity index (χ0n) is 13.3. The number of unbranched alkanes of at least 4 members (excludes halogenated alkanes) is 7. The van der Waals surface area contributed by atoms with Crippen molar-refractivity contribution in [2.45, 2.75) is 79.1 Å². The molecule has 0 rings (SSSR count). The van der Waals surface area contributed by atoms with Crippen molar-refractivity contribution in [1.29, 1.82) is 0 Å². The second kappa shape index (κ2) is 25.5. The van der Waals surface area contributed by atoms with Crippen molar-refractivity contribution in [2.75, 3.05) is 13.2 Å². The predicted molar refractivity (Wildman–Crippen MR) is 84.9 cm³/mol. The van der Waals surface area contributed by atoms with Gasteiger partial charge in [-0.15, -0.1) is 6.58 Å². The predicted octanol–water partition coefficient (Wildman–Crippen LogP) is 4.67. The lowest BCUT2D eigenvalue weighted by atomic mass is 10.1. The van der Waals surface area contributed by atoms with E-state index in [0.29, 0.717) is 0 Å². The summed E-state index contributed by atoms with van der Waals surface area (Å²) in [5, 5.41) is 7.57. The third-order valence-corrected chi connectivity index (χ3v) is 2.06. The van der Waals surface area contributed by atoms with Crippen LogP contribution in [-0.2, 0) is 0 Å². The fraction of sp³-hybridized carbons (Fsp3) is 0.875. The second-order valence-electron chi connectivity index (χ2n) is 4.79. The van der Waals surface area contributed by atoms with Crippen molar-refractivity contribution in [3.8, 4) is 0 Å². The smallest absolute Gasteiger partial charge is 0.0402 e. The number of hydrogen-bond donors (Lipinski definition) is 2. The molecule has 0 saturated carbocycles. The summed E-state index contributed by atoms with van der Waals surface area (Å²) in [5.41, 5.74) is 6.56. The van der Waals surface area contributed by atoms with Crippen LogP contribution in [0, 0.1) is 0 Å². The van der Waals surface area contributed by atoms with Crippen LogP contribution in [-0.4, -0.2) is 18.3 Å². The fourth-order valence-electron chi connectivity index (χ4n) is 1.28. The van der Waals surface area contributed by atoms with Crippen LogP contribution >= 0.6 is 0 Å². The van der Waals surface area contributed by atoms with E-state index in [1.165, 1.54) is 56.9 Å². The first-order valence-corrected chi connectivity index (χ1v) is 7.49. The molecule has 2 nitrogen and oxygen atoms in total. The van der Waals surface area contributed by atoms with Crippen LogP contribution in [0.1, 0.15) is 79.1 Å². The first-order valence-electron chi connectivity index (χ1n) is 7.49. The molecule has 3 N–H and O–H groups in total. The van der Waals surface area contributed by atoms with Crippen LogP contribution in [0.15, 0.2) is 12.2 Å². The highest BCUT2D eigenvalue weighted by Gasteiger charge is 1.89. The Bertz CT molecular complexity index is 123. The average molecular weight is 259 g/mol. The SMILES string of the molecule is C=C(C)C.CCCCCCCCCCN.CCO. The van der Waals surface area contributed by atoms with Gasteiger partial charge in [-0.05, 0) is 33.7 Å². The zero-order valence-corrected chi connectivity index (χ0v) is 13.3. The molecule has 0 aliphatic heterocycles. The van der Waals surface area contributed by atoms with Gasteiger partial charge in [0.1, 0.15) is 0 Å². The van der Waals surface area contributed by atoms with E-state index in [9.17, 15) is 0 Å². The minimum Gasteiger partial charge on any atom is -0.397 e. The third-order valence-electron chi connectivity index (χ3n) is 2.06. The van der Waals surface area contributed by atoms with Gasteiger partial charge in [-0.25, -0.2) is 0 Å². The molecule has 0 spiro atoms. The van der Waals surface area contributed by atoms with Gasteiger partial charge in [0.2, 0.25) is 0 Å². The summed E-state index contributed by atoms with van der Waals surface area (Å²) in [5.74, 6) is 0. The van der Waals surface area contributed by atoms with E-state index in [0.717, 1.165) is 6.54 Å². The Morgan fingerprint density at radius 3 is 1.44 bits per heavy atom. The van der Waals surface area contributed by atoms with Gasteiger partial charge in [0.15, 0.2) is 0 Å². The van der Waals surface area contributed by atoms with Crippen LogP contribution in [0.4, 0.5) is 0 Å². The maximum absolute atomic E-state index is 7.57. The summed E-state index contributed by atoms with van der Waals surface area (Å²) in [6.45, 7) is 12.6. The van der Waals surface area contributed by atoms with E-state index in [1.54, 1.807) is 6.92 Å². The van der Waals surface area contributed by atoms with Crippen LogP contribution in [0.3, 0.4) is 0 Å². The highest BCUT2D eigenvalue weighted by atomic mass is 16.2. The van der Waals surface area contributed by atoms with Crippen molar-refractivity contribution < 1.29 is 5.11 Å². The van der Waals surface area contributed by atoms with Gasteiger partial charge in [0, 0.05) is 6.61 Å². The quantitative estimate of drug-likeness (QED) is 0.491. The van der Waals surface area contributed by atoms with Gasteiger partial charge in [0.05, 0.1) is 0 Å². The Morgan fingerprint density at radius 1 is 0.889 bits per heavy atom. The van der Waals surface area contributed by atoms with E-state index >= 15 is 0 Å². The molecular weight excluding hydrogens is 222 g/mol. The van der Waals surface area contributed by atoms with Gasteiger partial charge in [-0.2, -0.15) is 0 Å². The maximum atomic E-state index is 7.57. The molecule has 0 aromatic rings. The molecule has 2 heteroatoms. The summed E-state index contributed by atoms with van der Waals surface area (Å²) in [6, 6.07) is 0. The Kier molecular flexibility index (Phi) is 32.3. The third kappa shape index (κ3) is 57.4. The van der Waals surface area contributed by atoms with E-state index in [1.807, 2.05) is 13.8 Å². The molecule has 0 fully saturated rings. The van der Waals surface area contributed by atoms with Crippen molar-refractivity contribution >= 4 is 0 Å². The highest BCUT2D eigenvalue weighted by Crippen LogP contribution is 2.07. The van der Waals surface area contributed by atoms with Crippen molar-refractivity contribution in [3.05, 3.63) is 12.2 Å².